The summed E-state index contributed by atoms with van der Waals surface area (Å²) in [6, 6.07) is 27.9. The Morgan fingerprint density at radius 3 is 2.12 bits per heavy atom. The molecule has 14 nitrogen and oxygen atoms in total. The molecular formula is C57H63N3O11S3. The topological polar surface area (TPSA) is 178 Å². The maximum atomic E-state index is 14.2. The second-order valence-electron chi connectivity index (χ2n) is 20.1. The number of fused-ring (bicyclic) bond motifs is 8. The fraction of sp³-hybridized carbons (Fsp3) is 0.404. The molecule has 0 aromatic heterocycles. The average molecular weight is 1060 g/mol. The molecule has 0 saturated carbocycles. The van der Waals surface area contributed by atoms with E-state index in [2.05, 4.69) is 11.4 Å². The number of Topliss-reactive ketones (excluding diaryl/α,β-unsaturated/α-hetero) is 1. The molecular weight excluding hydrogens is 999 g/mol. The fourth-order valence-electron chi connectivity index (χ4n) is 10.5. The third-order valence-electron chi connectivity index (χ3n) is 14.5. The Balaban J connectivity index is 0.969. The third-order valence-corrected chi connectivity index (χ3v) is 19.5. The number of benzene rings is 5. The normalized spacial score (nSPS) is 18.2. The summed E-state index contributed by atoms with van der Waals surface area (Å²) in [5.41, 5.74) is 8.73. The molecule has 9 rings (SSSR count). The van der Waals surface area contributed by atoms with Gasteiger partial charge in [0, 0.05) is 64.0 Å². The maximum absolute atomic E-state index is 14.2. The van der Waals surface area contributed by atoms with Crippen LogP contribution in [0.15, 0.2) is 91.0 Å². The van der Waals surface area contributed by atoms with E-state index in [1.165, 1.54) is 17.9 Å². The summed E-state index contributed by atoms with van der Waals surface area (Å²) in [4.78, 5) is 58.1. The van der Waals surface area contributed by atoms with E-state index in [1.807, 2.05) is 99.3 Å². The van der Waals surface area contributed by atoms with Crippen molar-refractivity contribution in [3.8, 4) is 17.2 Å². The number of nitrogens with zero attached hydrogens (tertiary/aromatic N) is 2. The lowest BCUT2D eigenvalue weighted by Crippen LogP contribution is -2.43. The van der Waals surface area contributed by atoms with Gasteiger partial charge in [-0.1, -0.05) is 64.9 Å². The number of aryl methyl sites for hydroxylation is 2. The van der Waals surface area contributed by atoms with Crippen LogP contribution < -0.4 is 29.3 Å². The third kappa shape index (κ3) is 11.2. The van der Waals surface area contributed by atoms with Crippen LogP contribution in [0.5, 0.6) is 17.2 Å². The molecule has 4 heterocycles. The van der Waals surface area contributed by atoms with Crippen molar-refractivity contribution in [1.82, 2.24) is 0 Å². The molecule has 74 heavy (non-hydrogen) atoms. The Morgan fingerprint density at radius 2 is 1.43 bits per heavy atom. The number of methoxy groups -OCH3 is 1. The number of nitrogens with one attached hydrogen (secondary N) is 1. The zero-order chi connectivity index (χ0) is 52.5. The van der Waals surface area contributed by atoms with Crippen molar-refractivity contribution in [3.05, 3.63) is 141 Å². The fourth-order valence-corrected chi connectivity index (χ4v) is 14.3. The predicted molar refractivity (Wildman–Crippen MR) is 290 cm³/mol. The number of hydrogen-bond donors (Lipinski definition) is 2. The second-order valence-corrected chi connectivity index (χ2v) is 25.1. The van der Waals surface area contributed by atoms with Crippen LogP contribution in [0.25, 0.3) is 0 Å². The van der Waals surface area contributed by atoms with Crippen LogP contribution in [0.1, 0.15) is 113 Å². The molecule has 0 saturated heterocycles. The first kappa shape index (κ1) is 53.0. The summed E-state index contributed by atoms with van der Waals surface area (Å²) in [5.74, 6) is 0.786. The van der Waals surface area contributed by atoms with Gasteiger partial charge >= 0.3 is 0 Å². The molecule has 2 unspecified atom stereocenters. The number of para-hydroxylation sites is 2. The van der Waals surface area contributed by atoms with E-state index in [4.69, 9.17) is 18.4 Å². The van der Waals surface area contributed by atoms with Crippen molar-refractivity contribution >= 4 is 72.3 Å². The summed E-state index contributed by atoms with van der Waals surface area (Å²) in [7, 11) is 1.23. The smallest absolute Gasteiger partial charge is 0.279 e. The van der Waals surface area contributed by atoms with Gasteiger partial charge in [-0.05, 0) is 153 Å². The average Bonchev–Trinajstić information content (AvgIpc) is 3.91. The van der Waals surface area contributed by atoms with Crippen molar-refractivity contribution in [2.75, 3.05) is 35.1 Å². The van der Waals surface area contributed by atoms with Gasteiger partial charge in [-0.15, -0.1) is 0 Å². The van der Waals surface area contributed by atoms with Crippen LogP contribution in [0.4, 0.5) is 17.1 Å². The predicted octanol–water partition coefficient (Wildman–Crippen LogP) is 9.76. The van der Waals surface area contributed by atoms with Gasteiger partial charge in [-0.3, -0.25) is 23.4 Å². The van der Waals surface area contributed by atoms with Crippen molar-refractivity contribution < 1.29 is 51.1 Å². The highest BCUT2D eigenvalue weighted by Crippen LogP contribution is 2.43. The maximum Gasteiger partial charge on any atom is 0.279 e. The number of hydrogen-bond acceptors (Lipinski definition) is 13. The van der Waals surface area contributed by atoms with Crippen molar-refractivity contribution in [1.29, 1.82) is 0 Å². The Labute approximate surface area is 441 Å². The Kier molecular flexibility index (Phi) is 15.9. The number of amides is 3. The molecule has 0 fully saturated rings. The molecule has 5 aromatic carbocycles. The van der Waals surface area contributed by atoms with E-state index >= 15 is 0 Å². The molecule has 0 aliphatic carbocycles. The number of aliphatic hydroxyl groups is 1. The van der Waals surface area contributed by atoms with Crippen LogP contribution in [0, 0.1) is 6.92 Å². The van der Waals surface area contributed by atoms with E-state index in [0.29, 0.717) is 94.2 Å². The van der Waals surface area contributed by atoms with Gasteiger partial charge in [0.2, 0.25) is 5.91 Å². The molecule has 17 heteroatoms. The Bertz CT molecular complexity index is 3110. The number of rotatable bonds is 20. The summed E-state index contributed by atoms with van der Waals surface area (Å²) in [6.45, 7) is 7.78. The molecule has 4 atom stereocenters. The molecule has 0 spiro atoms. The number of carbonyl (C=O) groups excluding carboxylic acids is 4. The second kappa shape index (κ2) is 22.2. The Morgan fingerprint density at radius 1 is 0.797 bits per heavy atom. The van der Waals surface area contributed by atoms with Crippen LogP contribution in [0.3, 0.4) is 0 Å². The van der Waals surface area contributed by atoms with Crippen LogP contribution >= 0.6 is 21.6 Å². The summed E-state index contributed by atoms with van der Waals surface area (Å²) in [5, 5.41) is 12.8. The molecule has 390 valence electrons. The van der Waals surface area contributed by atoms with Crippen molar-refractivity contribution in [3.63, 3.8) is 0 Å². The molecule has 5 aromatic rings. The summed E-state index contributed by atoms with van der Waals surface area (Å²) >= 11 is 0. The first-order valence-corrected chi connectivity index (χ1v) is 28.9. The highest BCUT2D eigenvalue weighted by atomic mass is 33.1. The minimum absolute atomic E-state index is 0.00605. The summed E-state index contributed by atoms with van der Waals surface area (Å²) < 4.78 is 50.2. The number of ether oxygens (including phenoxy) is 3. The zero-order valence-corrected chi connectivity index (χ0v) is 45.1. The van der Waals surface area contributed by atoms with Crippen LogP contribution in [-0.2, 0) is 62.8 Å². The van der Waals surface area contributed by atoms with E-state index in [9.17, 15) is 32.7 Å². The highest BCUT2D eigenvalue weighted by Gasteiger charge is 2.42. The lowest BCUT2D eigenvalue weighted by Gasteiger charge is -2.26. The molecule has 0 radical (unpaired) electrons. The van der Waals surface area contributed by atoms with Gasteiger partial charge in [0.05, 0.1) is 26.4 Å². The van der Waals surface area contributed by atoms with Gasteiger partial charge in [-0.2, -0.15) is 8.42 Å². The highest BCUT2D eigenvalue weighted by molar-refractivity contribution is 8.77. The summed E-state index contributed by atoms with van der Waals surface area (Å²) in [6.07, 6.45) is 3.79. The Hall–Kier alpha value is -5.85. The zero-order valence-electron chi connectivity index (χ0n) is 42.6. The molecule has 3 amide bonds. The van der Waals surface area contributed by atoms with Gasteiger partial charge in [0.15, 0.2) is 16.7 Å². The number of ketones is 1. The minimum atomic E-state index is -4.33. The first-order chi connectivity index (χ1) is 35.5. The van der Waals surface area contributed by atoms with E-state index in [0.717, 1.165) is 48.0 Å². The molecule has 2 N–H and O–H groups in total. The van der Waals surface area contributed by atoms with E-state index in [-0.39, 0.29) is 54.4 Å². The largest absolute Gasteiger partial charge is 0.493 e. The monoisotopic (exact) mass is 1060 g/mol. The minimum Gasteiger partial charge on any atom is -0.493 e. The quantitative estimate of drug-likeness (QED) is 0.0428. The lowest BCUT2D eigenvalue weighted by atomic mass is 9.96. The van der Waals surface area contributed by atoms with Gasteiger partial charge < -0.3 is 34.4 Å². The lowest BCUT2D eigenvalue weighted by molar-refractivity contribution is -0.119. The molecule has 4 aliphatic heterocycles. The first-order valence-electron chi connectivity index (χ1n) is 25.1. The van der Waals surface area contributed by atoms with Crippen molar-refractivity contribution in [2.24, 2.45) is 0 Å². The number of anilines is 3. The standard InChI is InChI=1S/C57H63N3O11S3/c1-7-43(61)18-20-57(3,4)73-72-21-19-53(74(66,67)69-6)54(63)58-41-24-35(32-70-50-30-40-28-49(62)48-27-39-13-9-11-15-47(39)60(48)56(65)44(40)22-34(50)2)23-36(25-41)33-71-52-29-37-16-17-42-26-38-12-8-10-14-46(38)59(42)55(64)45(37)31-51(52)68-5/h8-15,22-25,29-31,42,48-49,53,62H,7,16-21,26-28,32-33H2,1-6H3,(H,58,63)/t42-,48+,49?,53?/m1/s1. The van der Waals surface area contributed by atoms with Gasteiger partial charge in [-0.25, -0.2) is 0 Å². The van der Waals surface area contributed by atoms with Gasteiger partial charge in [0.25, 0.3) is 21.9 Å². The SMILES string of the molecule is CCC(=O)CCC(C)(C)SSCCC(C(=O)Nc1cc(COc2cc3c(cc2C)C(=O)N2c4ccccc4C[C@H]2C(O)C3)cc(COc2cc3c(cc2OC)C(=O)N2c4ccccc4C[C@H]2CC3)c1)S(=O)(=O)OC. The van der Waals surface area contributed by atoms with Gasteiger partial charge in [0.1, 0.15) is 24.7 Å². The van der Waals surface area contributed by atoms with E-state index in [1.54, 1.807) is 33.9 Å². The van der Waals surface area contributed by atoms with Crippen molar-refractivity contribution in [2.45, 2.75) is 127 Å². The van der Waals surface area contributed by atoms with E-state index < -0.39 is 33.4 Å². The van der Waals surface area contributed by atoms with Crippen LogP contribution in [0.2, 0.25) is 0 Å². The van der Waals surface area contributed by atoms with Crippen LogP contribution in [-0.4, -0.2) is 85.2 Å². The molecule has 4 aliphatic rings. The number of carbonyl (C=O) groups is 4. The molecule has 0 bridgehead atoms. The number of aliphatic hydroxyl groups excluding tert-OH is 1.